The van der Waals surface area contributed by atoms with E-state index < -0.39 is 27.9 Å². The van der Waals surface area contributed by atoms with Crippen molar-refractivity contribution in [3.05, 3.63) is 29.8 Å². The second-order valence-electron chi connectivity index (χ2n) is 5.97. The first-order valence-electron chi connectivity index (χ1n) is 6.99. The second kappa shape index (κ2) is 7.65. The fraction of sp³-hybridized carbons (Fsp3) is 0.533. The van der Waals surface area contributed by atoms with Crippen LogP contribution in [-0.4, -0.2) is 40.0 Å². The molecule has 0 saturated heterocycles. The van der Waals surface area contributed by atoms with Gasteiger partial charge in [-0.25, -0.2) is 4.79 Å². The molecule has 0 radical (unpaired) electrons. The molecule has 1 unspecified atom stereocenters. The Balaban J connectivity index is 2.74. The minimum atomic E-state index is -3.60. The summed E-state index contributed by atoms with van der Waals surface area (Å²) in [7, 11) is -2.11. The Bertz CT molecular complexity index is 636. The van der Waals surface area contributed by atoms with Gasteiger partial charge in [0.15, 0.2) is 0 Å². The van der Waals surface area contributed by atoms with Gasteiger partial charge in [0.25, 0.3) is 0 Å². The minimum absolute atomic E-state index is 0.174. The van der Waals surface area contributed by atoms with Crippen molar-refractivity contribution in [2.45, 2.75) is 32.5 Å². The van der Waals surface area contributed by atoms with E-state index >= 15 is 0 Å². The van der Waals surface area contributed by atoms with Gasteiger partial charge in [0, 0.05) is 7.11 Å². The van der Waals surface area contributed by atoms with Crippen LogP contribution >= 0.6 is 0 Å². The zero-order valence-corrected chi connectivity index (χ0v) is 14.8. The highest BCUT2D eigenvalue weighted by Crippen LogP contribution is 2.22. The van der Waals surface area contributed by atoms with Gasteiger partial charge in [-0.15, -0.1) is 0 Å². The average molecular weight is 345 g/mol. The van der Waals surface area contributed by atoms with Crippen molar-refractivity contribution in [2.75, 3.05) is 19.9 Å². The first kappa shape index (κ1) is 19.2. The molecule has 1 aromatic carbocycles. The molecule has 0 aliphatic carbocycles. The van der Waals surface area contributed by atoms with Crippen molar-refractivity contribution in [2.24, 2.45) is 0 Å². The zero-order chi connectivity index (χ0) is 17.7. The van der Waals surface area contributed by atoms with Gasteiger partial charge in [-0.1, -0.05) is 12.1 Å². The number of amides is 1. The monoisotopic (exact) mass is 345 g/mol. The Kier molecular flexibility index (Phi) is 6.40. The lowest BCUT2D eigenvalue weighted by Gasteiger charge is -2.22. The van der Waals surface area contributed by atoms with Crippen LogP contribution in [0.1, 0.15) is 32.4 Å². The number of carbonyl (C=O) groups is 1. The molecular formula is C15H23NO6S. The van der Waals surface area contributed by atoms with Crippen LogP contribution in [-0.2, 0) is 19.6 Å². The smallest absolute Gasteiger partial charge is 0.407 e. The predicted octanol–water partition coefficient (Wildman–Crippen LogP) is 2.24. The molecule has 23 heavy (non-hydrogen) atoms. The number of carbonyl (C=O) groups excluding carboxylic acids is 1. The number of hydrogen-bond acceptors (Lipinski definition) is 6. The summed E-state index contributed by atoms with van der Waals surface area (Å²) in [6.07, 6.45) is -0.0499. The molecule has 1 aromatic rings. The van der Waals surface area contributed by atoms with Gasteiger partial charge in [0.1, 0.15) is 11.4 Å². The molecule has 0 saturated carbocycles. The summed E-state index contributed by atoms with van der Waals surface area (Å²) < 4.78 is 37.7. The third-order valence-corrected chi connectivity index (χ3v) is 3.09. The molecule has 8 heteroatoms. The highest BCUT2D eigenvalue weighted by Gasteiger charge is 2.18. The summed E-state index contributed by atoms with van der Waals surface area (Å²) in [5.74, 6) is 0.185. The van der Waals surface area contributed by atoms with Crippen LogP contribution in [0.25, 0.3) is 0 Å². The van der Waals surface area contributed by atoms with Gasteiger partial charge in [0.05, 0.1) is 18.9 Å². The zero-order valence-electron chi connectivity index (χ0n) is 14.0. The number of alkyl carbamates (subject to hydrolysis) is 1. The van der Waals surface area contributed by atoms with Crippen molar-refractivity contribution in [3.63, 3.8) is 0 Å². The number of ether oxygens (including phenoxy) is 2. The van der Waals surface area contributed by atoms with Gasteiger partial charge in [-0.3, -0.25) is 0 Å². The molecule has 1 amide bonds. The number of benzene rings is 1. The van der Waals surface area contributed by atoms with E-state index in [-0.39, 0.29) is 12.3 Å². The summed E-state index contributed by atoms with van der Waals surface area (Å²) >= 11 is 0. The van der Waals surface area contributed by atoms with Crippen molar-refractivity contribution >= 4 is 16.2 Å². The molecule has 0 heterocycles. The largest absolute Gasteiger partial charge is 0.444 e. The molecule has 0 aliphatic heterocycles. The molecule has 0 aliphatic rings. The maximum Gasteiger partial charge on any atom is 0.407 e. The van der Waals surface area contributed by atoms with E-state index in [2.05, 4.69) is 5.32 Å². The molecule has 7 nitrogen and oxygen atoms in total. The van der Waals surface area contributed by atoms with Gasteiger partial charge >= 0.3 is 16.2 Å². The summed E-state index contributed by atoms with van der Waals surface area (Å²) in [5, 5.41) is 2.61. The third-order valence-electron chi connectivity index (χ3n) is 2.59. The van der Waals surface area contributed by atoms with Crippen LogP contribution in [0.5, 0.6) is 5.75 Å². The van der Waals surface area contributed by atoms with Crippen molar-refractivity contribution in [1.29, 1.82) is 0 Å². The molecule has 1 atom stereocenters. The van der Waals surface area contributed by atoms with E-state index in [4.69, 9.17) is 13.7 Å². The minimum Gasteiger partial charge on any atom is -0.444 e. The van der Waals surface area contributed by atoms with Crippen LogP contribution in [0.2, 0.25) is 0 Å². The topological polar surface area (TPSA) is 90.9 Å². The van der Waals surface area contributed by atoms with Crippen molar-refractivity contribution in [3.8, 4) is 5.75 Å². The van der Waals surface area contributed by atoms with Gasteiger partial charge in [-0.2, -0.15) is 8.42 Å². The van der Waals surface area contributed by atoms with Crippen LogP contribution in [0.15, 0.2) is 24.3 Å². The molecular weight excluding hydrogens is 322 g/mol. The Morgan fingerprint density at radius 2 is 1.96 bits per heavy atom. The first-order valence-corrected chi connectivity index (χ1v) is 8.81. The Hall–Kier alpha value is -1.80. The Morgan fingerprint density at radius 3 is 2.48 bits per heavy atom. The van der Waals surface area contributed by atoms with E-state index in [1.165, 1.54) is 13.2 Å². The molecule has 1 N–H and O–H groups in total. The first-order chi connectivity index (χ1) is 10.5. The number of methoxy groups -OCH3 is 1. The van der Waals surface area contributed by atoms with Crippen LogP contribution in [0, 0.1) is 0 Å². The van der Waals surface area contributed by atoms with Gasteiger partial charge in [0.2, 0.25) is 0 Å². The molecule has 0 aromatic heterocycles. The highest BCUT2D eigenvalue weighted by atomic mass is 32.2. The van der Waals surface area contributed by atoms with E-state index in [1.54, 1.807) is 39.0 Å². The van der Waals surface area contributed by atoms with Gasteiger partial charge in [-0.05, 0) is 38.5 Å². The van der Waals surface area contributed by atoms with Crippen LogP contribution < -0.4 is 9.50 Å². The van der Waals surface area contributed by atoms with Gasteiger partial charge < -0.3 is 19.0 Å². The third kappa shape index (κ3) is 7.85. The molecule has 0 fully saturated rings. The molecule has 130 valence electrons. The normalized spacial score (nSPS) is 13.3. The van der Waals surface area contributed by atoms with E-state index in [9.17, 15) is 13.2 Å². The van der Waals surface area contributed by atoms with E-state index in [0.717, 1.165) is 6.26 Å². The number of rotatable bonds is 6. The van der Waals surface area contributed by atoms with E-state index in [0.29, 0.717) is 5.56 Å². The SMILES string of the molecule is COC(CNC(=O)OC(C)(C)C)c1cccc(OS(C)(=O)=O)c1. The summed E-state index contributed by atoms with van der Waals surface area (Å²) in [6.45, 7) is 5.49. The maximum atomic E-state index is 11.7. The molecule has 1 rings (SSSR count). The predicted molar refractivity (Wildman–Crippen MR) is 85.9 cm³/mol. The quantitative estimate of drug-likeness (QED) is 0.795. The summed E-state index contributed by atoms with van der Waals surface area (Å²) in [6, 6.07) is 6.47. The standard InChI is InChI=1S/C15H23NO6S/c1-15(2,3)21-14(17)16-10-13(20-4)11-7-6-8-12(9-11)22-23(5,18)19/h6-9,13H,10H2,1-5H3,(H,16,17). The summed E-state index contributed by atoms with van der Waals surface area (Å²) in [5.41, 5.74) is 0.0836. The highest BCUT2D eigenvalue weighted by molar-refractivity contribution is 7.86. The average Bonchev–Trinajstić information content (AvgIpc) is 2.35. The maximum absolute atomic E-state index is 11.7. The fourth-order valence-electron chi connectivity index (χ4n) is 1.77. The number of hydrogen-bond donors (Lipinski definition) is 1. The second-order valence-corrected chi connectivity index (χ2v) is 7.54. The van der Waals surface area contributed by atoms with Crippen molar-refractivity contribution in [1.82, 2.24) is 5.32 Å². The fourth-order valence-corrected chi connectivity index (χ4v) is 2.22. The Labute approximate surface area is 137 Å². The molecule has 0 spiro atoms. The molecule has 0 bridgehead atoms. The van der Waals surface area contributed by atoms with E-state index in [1.807, 2.05) is 0 Å². The lowest BCUT2D eigenvalue weighted by atomic mass is 10.1. The van der Waals surface area contributed by atoms with Crippen LogP contribution in [0.4, 0.5) is 4.79 Å². The number of nitrogens with one attached hydrogen (secondary N) is 1. The van der Waals surface area contributed by atoms with Crippen molar-refractivity contribution < 1.29 is 26.9 Å². The summed E-state index contributed by atoms with van der Waals surface area (Å²) in [4.78, 5) is 11.7. The van der Waals surface area contributed by atoms with Crippen LogP contribution in [0.3, 0.4) is 0 Å². The lowest BCUT2D eigenvalue weighted by molar-refractivity contribution is 0.0456. The lowest BCUT2D eigenvalue weighted by Crippen LogP contribution is -2.35. The Morgan fingerprint density at radius 1 is 1.30 bits per heavy atom.